The third-order valence-corrected chi connectivity index (χ3v) is 23.4. The van der Waals surface area contributed by atoms with Gasteiger partial charge in [0.15, 0.2) is 11.6 Å². The van der Waals surface area contributed by atoms with Gasteiger partial charge in [0, 0.05) is 98.6 Å². The molecule has 8 nitrogen and oxygen atoms in total. The van der Waals surface area contributed by atoms with Gasteiger partial charge in [-0.25, -0.2) is 19.9 Å². The van der Waals surface area contributed by atoms with Crippen LogP contribution in [0.5, 0.6) is 0 Å². The second-order valence-electron chi connectivity index (χ2n) is 30.0. The molecule has 0 aliphatic rings. The summed E-state index contributed by atoms with van der Waals surface area (Å²) in [5.41, 5.74) is 23.9. The van der Waals surface area contributed by atoms with Gasteiger partial charge in [0.1, 0.15) is 0 Å². The lowest BCUT2D eigenvalue weighted by atomic mass is 10.0. The SMILES string of the molecule is c1ccc(-c2cc(-c3ccc4ccccc4c3)nc(-c3ccc4c(-n5c6ccccc6c6c5ccc5c7ccccc7n(-c7ccccc7)c56)cccc4c3)n2)cc1.c1ccc(-c2nc(-c3ccc4ccccc4c3)cc(-c3ccc4c(-n5c6ccccc6c6c5ccc5c7ccccc7n(-c7ccccc7)c56)cccc4c3)n2)cc1. The Morgan fingerprint density at radius 2 is 0.483 bits per heavy atom. The first kappa shape index (κ1) is 66.2. The summed E-state index contributed by atoms with van der Waals surface area (Å²) >= 11 is 0. The smallest absolute Gasteiger partial charge is 0.160 e. The van der Waals surface area contributed by atoms with E-state index in [0.29, 0.717) is 11.6 Å². The van der Waals surface area contributed by atoms with E-state index < -0.39 is 0 Å². The molecule has 24 rings (SSSR count). The highest BCUT2D eigenvalue weighted by molar-refractivity contribution is 6.28. The van der Waals surface area contributed by atoms with Gasteiger partial charge in [0.05, 0.1) is 78.3 Å². The fraction of sp³-hybridized carbons (Fsp3) is 0. The fourth-order valence-electron chi connectivity index (χ4n) is 18.1. The van der Waals surface area contributed by atoms with E-state index in [2.05, 4.69) is 407 Å². The van der Waals surface area contributed by atoms with Crippen LogP contribution in [0.1, 0.15) is 0 Å². The Balaban J connectivity index is 0.000000137. The number of hydrogen-bond acceptors (Lipinski definition) is 4. The van der Waals surface area contributed by atoms with Gasteiger partial charge in [0.2, 0.25) is 0 Å². The van der Waals surface area contributed by atoms with Gasteiger partial charge in [-0.3, -0.25) is 0 Å². The summed E-state index contributed by atoms with van der Waals surface area (Å²) in [5.74, 6) is 1.41. The van der Waals surface area contributed by atoms with E-state index in [1.807, 2.05) is 24.3 Å². The van der Waals surface area contributed by atoms with E-state index >= 15 is 0 Å². The molecule has 24 aromatic rings. The standard InChI is InChI=1S/2C54H34N4/c1-3-15-36(16-4-1)54-55-46(39-27-26-35-14-7-8-17-37(35)32-39)34-47(56-54)40-28-29-42-38(33-40)18-13-25-48(42)58-50-24-12-10-22-45(50)52-51(58)31-30-44-43-21-9-11-23-49(43)57(53(44)52)41-19-5-2-6-20-41;1-3-15-36(16-4-1)46-34-47(39-27-26-35-14-7-8-17-37(35)32-39)56-54(55-46)40-28-29-42-38(33-40)18-13-25-48(42)58-50-24-12-10-22-45(50)52-51(58)31-30-44-43-21-9-11-23-49(43)57(53(44)52)41-19-5-2-6-20-41/h2*1-34H. The molecule has 0 spiro atoms. The monoisotopic (exact) mass is 1480 g/mol. The molecule has 0 fully saturated rings. The van der Waals surface area contributed by atoms with Crippen LogP contribution in [-0.4, -0.2) is 38.2 Å². The minimum atomic E-state index is 0.699. The topological polar surface area (TPSA) is 71.3 Å². The Labute approximate surface area is 667 Å². The van der Waals surface area contributed by atoms with Crippen LogP contribution in [0, 0.1) is 0 Å². The largest absolute Gasteiger partial charge is 0.309 e. The second kappa shape index (κ2) is 27.1. The van der Waals surface area contributed by atoms with E-state index in [0.717, 1.165) is 95.1 Å². The van der Waals surface area contributed by atoms with Crippen LogP contribution in [0.4, 0.5) is 0 Å². The molecule has 540 valence electrons. The molecule has 0 N–H and O–H groups in total. The maximum Gasteiger partial charge on any atom is 0.160 e. The van der Waals surface area contributed by atoms with Gasteiger partial charge in [-0.15, -0.1) is 0 Å². The average molecular weight is 1480 g/mol. The maximum absolute atomic E-state index is 5.23. The predicted molar refractivity (Wildman–Crippen MR) is 484 cm³/mol. The first-order valence-corrected chi connectivity index (χ1v) is 39.5. The molecule has 0 amide bonds. The zero-order valence-corrected chi connectivity index (χ0v) is 62.8. The number of hydrogen-bond donors (Lipinski definition) is 0. The van der Waals surface area contributed by atoms with Gasteiger partial charge in [-0.1, -0.05) is 303 Å². The minimum Gasteiger partial charge on any atom is -0.309 e. The highest BCUT2D eigenvalue weighted by Crippen LogP contribution is 2.47. The van der Waals surface area contributed by atoms with Crippen molar-refractivity contribution in [3.63, 3.8) is 0 Å². The van der Waals surface area contributed by atoms with Crippen molar-refractivity contribution in [1.29, 1.82) is 0 Å². The van der Waals surface area contributed by atoms with Crippen molar-refractivity contribution < 1.29 is 0 Å². The molecule has 0 saturated heterocycles. The van der Waals surface area contributed by atoms with Crippen LogP contribution in [0.25, 0.3) is 221 Å². The first-order chi connectivity index (χ1) is 57.5. The Kier molecular flexibility index (Phi) is 15.5. The number of aromatic nitrogens is 8. The highest BCUT2D eigenvalue weighted by atomic mass is 15.0. The molecule has 0 aliphatic carbocycles. The molecule has 0 bridgehead atoms. The molecule has 0 aliphatic heterocycles. The quantitative estimate of drug-likeness (QED) is 0.137. The predicted octanol–water partition coefficient (Wildman–Crippen LogP) is 28.0. The molecule has 0 saturated carbocycles. The molecule has 116 heavy (non-hydrogen) atoms. The summed E-state index contributed by atoms with van der Waals surface area (Å²) < 4.78 is 9.78. The number of rotatable bonds is 10. The Morgan fingerprint density at radius 3 is 0.940 bits per heavy atom. The lowest BCUT2D eigenvalue weighted by Crippen LogP contribution is -1.98. The summed E-state index contributed by atoms with van der Waals surface area (Å²) in [6.45, 7) is 0. The van der Waals surface area contributed by atoms with Crippen molar-refractivity contribution in [2.75, 3.05) is 0 Å². The molecule has 6 aromatic heterocycles. The third kappa shape index (κ3) is 10.9. The highest BCUT2D eigenvalue weighted by Gasteiger charge is 2.25. The normalized spacial score (nSPS) is 11.8. The van der Waals surface area contributed by atoms with Crippen LogP contribution >= 0.6 is 0 Å². The van der Waals surface area contributed by atoms with E-state index in [1.54, 1.807) is 0 Å². The molecule has 8 heteroatoms. The molecule has 6 heterocycles. The maximum atomic E-state index is 5.23. The van der Waals surface area contributed by atoms with Crippen LogP contribution < -0.4 is 0 Å². The summed E-state index contributed by atoms with van der Waals surface area (Å²) in [5, 5.41) is 19.3. The van der Waals surface area contributed by atoms with Crippen LogP contribution in [-0.2, 0) is 0 Å². The zero-order valence-electron chi connectivity index (χ0n) is 62.8. The number of para-hydroxylation sites is 6. The van der Waals surface area contributed by atoms with Gasteiger partial charge in [-0.05, 0) is 142 Å². The first-order valence-electron chi connectivity index (χ1n) is 39.5. The molecule has 0 radical (unpaired) electrons. The zero-order chi connectivity index (χ0) is 76.3. The van der Waals surface area contributed by atoms with E-state index in [1.165, 1.54) is 114 Å². The Morgan fingerprint density at radius 1 is 0.164 bits per heavy atom. The van der Waals surface area contributed by atoms with Crippen molar-refractivity contribution in [3.8, 4) is 90.6 Å². The number of fused-ring (bicyclic) bond motifs is 18. The lowest BCUT2D eigenvalue weighted by Gasteiger charge is -2.14. The summed E-state index contributed by atoms with van der Waals surface area (Å²) in [7, 11) is 0. The molecular formula is C108H68N8. The van der Waals surface area contributed by atoms with Crippen LogP contribution in [0.3, 0.4) is 0 Å². The van der Waals surface area contributed by atoms with Crippen LogP contribution in [0.2, 0.25) is 0 Å². The third-order valence-electron chi connectivity index (χ3n) is 23.4. The Hall–Kier alpha value is -15.6. The van der Waals surface area contributed by atoms with Crippen molar-refractivity contribution in [3.05, 3.63) is 413 Å². The van der Waals surface area contributed by atoms with Gasteiger partial charge >= 0.3 is 0 Å². The van der Waals surface area contributed by atoms with Gasteiger partial charge < -0.3 is 18.3 Å². The number of nitrogens with zero attached hydrogens (tertiary/aromatic N) is 8. The van der Waals surface area contributed by atoms with Crippen molar-refractivity contribution >= 4 is 130 Å². The molecule has 0 unspecified atom stereocenters. The average Bonchev–Trinajstić information content (AvgIpc) is 1.55. The lowest BCUT2D eigenvalue weighted by molar-refractivity contribution is 1.18. The van der Waals surface area contributed by atoms with E-state index in [4.69, 9.17) is 19.9 Å². The van der Waals surface area contributed by atoms with E-state index in [9.17, 15) is 0 Å². The molecule has 0 atom stereocenters. The Bertz CT molecular complexity index is 7600. The van der Waals surface area contributed by atoms with Crippen LogP contribution in [0.15, 0.2) is 413 Å². The van der Waals surface area contributed by atoms with Crippen molar-refractivity contribution in [2.24, 2.45) is 0 Å². The number of benzene rings is 18. The summed E-state index contributed by atoms with van der Waals surface area (Å²) in [6.07, 6.45) is 0. The minimum absolute atomic E-state index is 0.699. The van der Waals surface area contributed by atoms with Gasteiger partial charge in [0.25, 0.3) is 0 Å². The van der Waals surface area contributed by atoms with Gasteiger partial charge in [-0.2, -0.15) is 0 Å². The van der Waals surface area contributed by atoms with Crippen molar-refractivity contribution in [1.82, 2.24) is 38.2 Å². The second-order valence-corrected chi connectivity index (χ2v) is 30.0. The van der Waals surface area contributed by atoms with E-state index in [-0.39, 0.29) is 0 Å². The summed E-state index contributed by atoms with van der Waals surface area (Å²) in [6, 6.07) is 148. The summed E-state index contributed by atoms with van der Waals surface area (Å²) in [4.78, 5) is 20.7. The van der Waals surface area contributed by atoms with Crippen molar-refractivity contribution in [2.45, 2.75) is 0 Å². The fourth-order valence-corrected chi connectivity index (χ4v) is 18.1. The molecule has 18 aromatic carbocycles. The molecular weight excluding hydrogens is 1410 g/mol.